The van der Waals surface area contributed by atoms with E-state index in [4.69, 9.17) is 14.2 Å². The average Bonchev–Trinajstić information content (AvgIpc) is 2.51. The third-order valence-corrected chi connectivity index (χ3v) is 3.53. The second-order valence-corrected chi connectivity index (χ2v) is 5.25. The lowest BCUT2D eigenvalue weighted by Gasteiger charge is -2.23. The number of hydrogen-bond acceptors (Lipinski definition) is 5. The number of carbonyl (C=O) groups excluding carboxylic acids is 1. The number of aliphatic hydroxyl groups is 1. The van der Waals surface area contributed by atoms with E-state index in [1.165, 1.54) is 0 Å². The molecule has 0 aromatic heterocycles. The van der Waals surface area contributed by atoms with Crippen LogP contribution in [0.1, 0.15) is 45.8 Å². The van der Waals surface area contributed by atoms with Crippen LogP contribution in [0.5, 0.6) is 11.5 Å². The monoisotopic (exact) mass is 310 g/mol. The third-order valence-electron chi connectivity index (χ3n) is 3.53. The first kappa shape index (κ1) is 18.5. The van der Waals surface area contributed by atoms with Crippen LogP contribution in [-0.2, 0) is 9.53 Å². The van der Waals surface area contributed by atoms with E-state index in [-0.39, 0.29) is 11.9 Å². The van der Waals surface area contributed by atoms with Crippen molar-refractivity contribution >= 4 is 5.97 Å². The summed E-state index contributed by atoms with van der Waals surface area (Å²) in [5.41, 5.74) is 0.604. The number of aliphatic hydroxyl groups excluding tert-OH is 1. The van der Waals surface area contributed by atoms with Gasteiger partial charge < -0.3 is 19.3 Å². The Labute approximate surface area is 132 Å². The van der Waals surface area contributed by atoms with Crippen LogP contribution in [0.2, 0.25) is 0 Å². The lowest BCUT2D eigenvalue weighted by molar-refractivity contribution is -0.138. The topological polar surface area (TPSA) is 65.0 Å². The molecule has 1 rings (SSSR count). The van der Waals surface area contributed by atoms with Crippen LogP contribution in [0.15, 0.2) is 18.2 Å². The minimum absolute atomic E-state index is 0.188. The number of rotatable bonds is 8. The lowest BCUT2D eigenvalue weighted by Crippen LogP contribution is -2.22. The third kappa shape index (κ3) is 4.71. The van der Waals surface area contributed by atoms with Crippen LogP contribution in [0.25, 0.3) is 0 Å². The van der Waals surface area contributed by atoms with Gasteiger partial charge in [-0.3, -0.25) is 4.79 Å². The fraction of sp³-hybridized carbons (Fsp3) is 0.588. The zero-order chi connectivity index (χ0) is 16.7. The first-order valence-corrected chi connectivity index (χ1v) is 7.63. The van der Waals surface area contributed by atoms with Crippen molar-refractivity contribution in [2.24, 2.45) is 5.92 Å². The number of methoxy groups -OCH3 is 1. The number of hydrogen-bond donors (Lipinski definition) is 1. The highest BCUT2D eigenvalue weighted by molar-refractivity contribution is 5.75. The van der Waals surface area contributed by atoms with Gasteiger partial charge in [-0.1, -0.05) is 13.8 Å². The number of benzene rings is 1. The zero-order valence-electron chi connectivity index (χ0n) is 14.0. The molecular formula is C17H26O5. The lowest BCUT2D eigenvalue weighted by atomic mass is 10.0. The van der Waals surface area contributed by atoms with Gasteiger partial charge in [-0.2, -0.15) is 0 Å². The van der Waals surface area contributed by atoms with E-state index >= 15 is 0 Å². The Morgan fingerprint density at radius 1 is 1.27 bits per heavy atom. The van der Waals surface area contributed by atoms with Gasteiger partial charge in [0, 0.05) is 12.2 Å². The molecule has 1 aromatic rings. The van der Waals surface area contributed by atoms with E-state index in [0.717, 1.165) is 0 Å². The van der Waals surface area contributed by atoms with Gasteiger partial charge in [0.1, 0.15) is 17.6 Å². The summed E-state index contributed by atoms with van der Waals surface area (Å²) in [4.78, 5) is 12.0. The first-order chi connectivity index (χ1) is 10.4. The van der Waals surface area contributed by atoms with Gasteiger partial charge >= 0.3 is 5.97 Å². The molecule has 0 bridgehead atoms. The second-order valence-electron chi connectivity index (χ2n) is 5.25. The molecule has 22 heavy (non-hydrogen) atoms. The summed E-state index contributed by atoms with van der Waals surface area (Å²) in [5, 5.41) is 9.97. The summed E-state index contributed by atoms with van der Waals surface area (Å²) < 4.78 is 16.3. The van der Waals surface area contributed by atoms with E-state index < -0.39 is 12.2 Å². The molecule has 0 saturated carbocycles. The Balaban J connectivity index is 3.17. The van der Waals surface area contributed by atoms with Crippen LogP contribution in [-0.4, -0.2) is 30.9 Å². The normalized spacial score (nSPS) is 15.0. The predicted molar refractivity (Wildman–Crippen MR) is 84.1 cm³/mol. The first-order valence-electron chi connectivity index (χ1n) is 7.63. The molecule has 0 aliphatic heterocycles. The molecule has 5 heteroatoms. The molecule has 0 heterocycles. The van der Waals surface area contributed by atoms with Crippen molar-refractivity contribution in [3.05, 3.63) is 23.8 Å². The zero-order valence-corrected chi connectivity index (χ0v) is 14.0. The molecule has 0 aliphatic rings. The van der Waals surface area contributed by atoms with Crippen molar-refractivity contribution in [1.82, 2.24) is 0 Å². The molecule has 0 saturated heterocycles. The number of esters is 1. The highest BCUT2D eigenvalue weighted by Gasteiger charge is 2.24. The van der Waals surface area contributed by atoms with Crippen molar-refractivity contribution < 1.29 is 24.1 Å². The minimum Gasteiger partial charge on any atom is -0.497 e. The maximum absolute atomic E-state index is 12.0. The van der Waals surface area contributed by atoms with Crippen molar-refractivity contribution in [3.63, 3.8) is 0 Å². The minimum atomic E-state index is -0.742. The second kappa shape index (κ2) is 8.76. The van der Waals surface area contributed by atoms with Gasteiger partial charge in [-0.05, 0) is 38.5 Å². The highest BCUT2D eigenvalue weighted by Crippen LogP contribution is 2.34. The Hall–Kier alpha value is -1.59. The average molecular weight is 310 g/mol. The molecule has 0 fully saturated rings. The molecule has 5 nitrogen and oxygen atoms in total. The molecule has 1 aromatic carbocycles. The summed E-state index contributed by atoms with van der Waals surface area (Å²) in [6.07, 6.45) is -0.622. The van der Waals surface area contributed by atoms with E-state index in [9.17, 15) is 9.90 Å². The number of ether oxygens (including phenoxy) is 3. The molecule has 3 atom stereocenters. The van der Waals surface area contributed by atoms with Crippen LogP contribution in [0, 0.1) is 5.92 Å². The Kier molecular flexibility index (Phi) is 7.35. The van der Waals surface area contributed by atoms with Gasteiger partial charge in [0.25, 0.3) is 0 Å². The van der Waals surface area contributed by atoms with E-state index in [1.807, 2.05) is 20.8 Å². The van der Waals surface area contributed by atoms with Crippen molar-refractivity contribution in [1.29, 1.82) is 0 Å². The molecule has 0 radical (unpaired) electrons. The van der Waals surface area contributed by atoms with Crippen LogP contribution < -0.4 is 9.47 Å². The van der Waals surface area contributed by atoms with Gasteiger partial charge in [0.15, 0.2) is 0 Å². The molecular weight excluding hydrogens is 284 g/mol. The van der Waals surface area contributed by atoms with Gasteiger partial charge in [-0.25, -0.2) is 0 Å². The predicted octanol–water partition coefficient (Wildman–Crippen LogP) is 3.11. The van der Waals surface area contributed by atoms with Crippen LogP contribution in [0.4, 0.5) is 0 Å². The molecule has 0 aliphatic carbocycles. The SMILES string of the molecule is CCO[C@@H](c1cc(OC)ccc1OC(=O)[C@H](C)CC)[C@H](C)O. The molecule has 0 amide bonds. The van der Waals surface area contributed by atoms with Gasteiger partial charge in [-0.15, -0.1) is 0 Å². The fourth-order valence-electron chi connectivity index (χ4n) is 2.01. The van der Waals surface area contributed by atoms with Gasteiger partial charge in [0.05, 0.1) is 19.1 Å². The summed E-state index contributed by atoms with van der Waals surface area (Å²) in [6, 6.07) is 5.11. The van der Waals surface area contributed by atoms with Crippen LogP contribution >= 0.6 is 0 Å². The highest BCUT2D eigenvalue weighted by atomic mass is 16.5. The summed E-state index contributed by atoms with van der Waals surface area (Å²) in [5.74, 6) is 0.524. The van der Waals surface area contributed by atoms with E-state index in [1.54, 1.807) is 32.2 Å². The van der Waals surface area contributed by atoms with E-state index in [0.29, 0.717) is 30.1 Å². The summed E-state index contributed by atoms with van der Waals surface area (Å²) in [6.45, 7) is 7.67. The fourth-order valence-corrected chi connectivity index (χ4v) is 2.01. The van der Waals surface area contributed by atoms with Crippen molar-refractivity contribution in [2.75, 3.05) is 13.7 Å². The van der Waals surface area contributed by atoms with Gasteiger partial charge in [0.2, 0.25) is 0 Å². The summed E-state index contributed by atoms with van der Waals surface area (Å²) >= 11 is 0. The molecule has 1 N–H and O–H groups in total. The molecule has 124 valence electrons. The largest absolute Gasteiger partial charge is 0.497 e. The van der Waals surface area contributed by atoms with Crippen molar-refractivity contribution in [3.8, 4) is 11.5 Å². The standard InChI is InChI=1S/C17H26O5/c1-6-11(3)17(19)22-15-9-8-13(20-5)10-14(15)16(12(4)18)21-7-2/h8-12,16,18H,6-7H2,1-5H3/t11-,12+,16-/m1/s1. The summed E-state index contributed by atoms with van der Waals surface area (Å²) in [7, 11) is 1.56. The maximum Gasteiger partial charge on any atom is 0.314 e. The van der Waals surface area contributed by atoms with Crippen LogP contribution in [0.3, 0.4) is 0 Å². The Morgan fingerprint density at radius 3 is 2.45 bits per heavy atom. The van der Waals surface area contributed by atoms with E-state index in [2.05, 4.69) is 0 Å². The number of carbonyl (C=O) groups is 1. The Bertz CT molecular complexity index is 484. The molecule has 0 spiro atoms. The quantitative estimate of drug-likeness (QED) is 0.590. The maximum atomic E-state index is 12.0. The smallest absolute Gasteiger partial charge is 0.314 e. The van der Waals surface area contributed by atoms with Crippen molar-refractivity contribution in [2.45, 2.75) is 46.3 Å². The Morgan fingerprint density at radius 2 is 1.95 bits per heavy atom. The molecule has 0 unspecified atom stereocenters.